The molecule has 9 nitrogen and oxygen atoms in total. The summed E-state index contributed by atoms with van der Waals surface area (Å²) in [4.78, 5) is 37.5. The first-order valence-electron chi connectivity index (χ1n) is 8.23. The summed E-state index contributed by atoms with van der Waals surface area (Å²) in [5.41, 5.74) is -0.345. The van der Waals surface area contributed by atoms with E-state index in [4.69, 9.17) is 16.3 Å². The lowest BCUT2D eigenvalue weighted by Gasteiger charge is -2.28. The van der Waals surface area contributed by atoms with Gasteiger partial charge in [-0.1, -0.05) is 11.6 Å². The van der Waals surface area contributed by atoms with Gasteiger partial charge in [0.25, 0.3) is 0 Å². The highest BCUT2D eigenvalue weighted by molar-refractivity contribution is 6.30. The van der Waals surface area contributed by atoms with E-state index in [2.05, 4.69) is 24.4 Å². The molecule has 1 aliphatic rings. The summed E-state index contributed by atoms with van der Waals surface area (Å²) in [6.45, 7) is 1.48. The predicted octanol–water partition coefficient (Wildman–Crippen LogP) is 4.10. The molecule has 0 fully saturated rings. The van der Waals surface area contributed by atoms with E-state index < -0.39 is 42.9 Å². The molecule has 30 heavy (non-hydrogen) atoms. The molecular formula is C17H15ClF3NO8. The van der Waals surface area contributed by atoms with Crippen molar-refractivity contribution in [2.45, 2.75) is 32.2 Å². The highest BCUT2D eigenvalue weighted by Crippen LogP contribution is 2.40. The minimum atomic E-state index is -4.92. The quantitative estimate of drug-likeness (QED) is 0.263. The number of esters is 1. The Morgan fingerprint density at radius 1 is 1.30 bits per heavy atom. The van der Waals surface area contributed by atoms with Crippen LogP contribution < -0.4 is 4.74 Å². The van der Waals surface area contributed by atoms with Gasteiger partial charge in [-0.15, -0.1) is 4.91 Å². The topological polar surface area (TPSA) is 110 Å². The molecule has 13 heteroatoms. The van der Waals surface area contributed by atoms with E-state index in [1.807, 2.05) is 0 Å². The number of alkyl halides is 3. The number of aryl methyl sites for hydroxylation is 1. The van der Waals surface area contributed by atoms with E-state index in [9.17, 15) is 27.7 Å². The first-order chi connectivity index (χ1) is 14.0. The maximum absolute atomic E-state index is 13.4. The van der Waals surface area contributed by atoms with Crippen LogP contribution in [0.2, 0.25) is 5.02 Å². The minimum Gasteiger partial charge on any atom is -0.475 e. The van der Waals surface area contributed by atoms with Gasteiger partial charge in [-0.2, -0.15) is 13.2 Å². The second-order valence-electron chi connectivity index (χ2n) is 6.02. The molecule has 164 valence electrons. The molecule has 2 rings (SSSR count). The Bertz CT molecular complexity index is 858. The third-order valence-electron chi connectivity index (χ3n) is 3.66. The lowest BCUT2D eigenvalue weighted by molar-refractivity contribution is -0.189. The Labute approximate surface area is 172 Å². The molecule has 0 N–H and O–H groups in total. The van der Waals surface area contributed by atoms with Gasteiger partial charge in [-0.3, -0.25) is 0 Å². The monoisotopic (exact) mass is 453 g/mol. The largest absolute Gasteiger partial charge is 0.511 e. The highest BCUT2D eigenvalue weighted by Gasteiger charge is 2.49. The third-order valence-corrected chi connectivity index (χ3v) is 3.87. The van der Waals surface area contributed by atoms with E-state index in [0.29, 0.717) is 5.56 Å². The zero-order chi connectivity index (χ0) is 22.5. The van der Waals surface area contributed by atoms with E-state index >= 15 is 0 Å². The van der Waals surface area contributed by atoms with E-state index in [0.717, 1.165) is 6.08 Å². The maximum atomic E-state index is 13.4. The van der Waals surface area contributed by atoms with Gasteiger partial charge in [-0.05, 0) is 37.6 Å². The molecule has 0 bridgehead atoms. The summed E-state index contributed by atoms with van der Waals surface area (Å²) in [5, 5.41) is 2.34. The number of fused-ring (bicyclic) bond motifs is 1. The minimum absolute atomic E-state index is 0.0703. The smallest absolute Gasteiger partial charge is 0.475 e. The zero-order valence-corrected chi connectivity index (χ0v) is 16.3. The van der Waals surface area contributed by atoms with Gasteiger partial charge in [0.15, 0.2) is 11.9 Å². The van der Waals surface area contributed by atoms with Crippen LogP contribution in [0.5, 0.6) is 5.75 Å². The normalized spacial score (nSPS) is 16.3. The molecule has 2 atom stereocenters. The van der Waals surface area contributed by atoms with Crippen molar-refractivity contribution in [3.05, 3.63) is 38.8 Å². The summed E-state index contributed by atoms with van der Waals surface area (Å²) in [5.74, 6) is -1.49. The van der Waals surface area contributed by atoms with Crippen LogP contribution in [0.25, 0.3) is 6.08 Å². The highest BCUT2D eigenvalue weighted by atomic mass is 35.5. The van der Waals surface area contributed by atoms with Crippen molar-refractivity contribution in [2.75, 3.05) is 13.4 Å². The molecule has 0 spiro atoms. The summed E-state index contributed by atoms with van der Waals surface area (Å²) in [6.07, 6.45) is -8.78. The molecule has 1 aliphatic heterocycles. The fourth-order valence-electron chi connectivity index (χ4n) is 2.44. The van der Waals surface area contributed by atoms with Crippen LogP contribution in [-0.2, 0) is 23.8 Å². The Morgan fingerprint density at radius 2 is 2.00 bits per heavy atom. The van der Waals surface area contributed by atoms with Crippen molar-refractivity contribution < 1.29 is 46.5 Å². The molecule has 0 amide bonds. The first kappa shape index (κ1) is 23.3. The van der Waals surface area contributed by atoms with Crippen LogP contribution in [0.15, 0.2) is 23.0 Å². The van der Waals surface area contributed by atoms with Crippen molar-refractivity contribution in [2.24, 2.45) is 5.34 Å². The summed E-state index contributed by atoms with van der Waals surface area (Å²) >= 11 is 5.90. The van der Waals surface area contributed by atoms with Crippen LogP contribution in [-0.4, -0.2) is 43.9 Å². The van der Waals surface area contributed by atoms with E-state index in [1.54, 1.807) is 0 Å². The Hall–Kier alpha value is -3.02. The lowest BCUT2D eigenvalue weighted by atomic mass is 9.99. The Kier molecular flexibility index (Phi) is 7.48. The average Bonchev–Trinajstić information content (AvgIpc) is 2.64. The molecule has 1 aromatic carbocycles. The predicted molar refractivity (Wildman–Crippen MR) is 94.4 cm³/mol. The van der Waals surface area contributed by atoms with Crippen molar-refractivity contribution >= 4 is 29.8 Å². The molecule has 0 aliphatic carbocycles. The SMILES string of the molecule is Cc1cc(Cl)cc2c1O[C@H](C(F)(F)F)C(C(=O)OCOC(=O)OC(C)CON=O)=C2. The van der Waals surface area contributed by atoms with Gasteiger partial charge in [0.2, 0.25) is 12.9 Å². The standard InChI is InChI=1S/C17H15ClF3NO8/c1-8-3-11(18)4-10-5-12(14(17(19,20)21)30-13(8)10)15(23)26-7-27-16(24)29-9(2)6-28-22-25/h3-5,9,14H,6-7H2,1-2H3/t9?,14-/m0/s1. The molecule has 1 aromatic rings. The second-order valence-corrected chi connectivity index (χ2v) is 6.46. The Morgan fingerprint density at radius 3 is 2.63 bits per heavy atom. The Balaban J connectivity index is 2.07. The van der Waals surface area contributed by atoms with Crippen molar-refractivity contribution in [3.63, 3.8) is 0 Å². The number of halogens is 4. The van der Waals surface area contributed by atoms with Crippen molar-refractivity contribution in [1.82, 2.24) is 0 Å². The van der Waals surface area contributed by atoms with E-state index in [-0.39, 0.29) is 22.9 Å². The fraction of sp³-hybridized carbons (Fsp3) is 0.412. The van der Waals surface area contributed by atoms with Crippen LogP contribution in [0.4, 0.5) is 18.0 Å². The van der Waals surface area contributed by atoms with Crippen molar-refractivity contribution in [3.8, 4) is 5.75 Å². The van der Waals surface area contributed by atoms with Gasteiger partial charge >= 0.3 is 18.3 Å². The number of hydrogen-bond acceptors (Lipinski definition) is 9. The molecule has 0 aromatic heterocycles. The van der Waals surface area contributed by atoms with Gasteiger partial charge in [-0.25, -0.2) is 9.59 Å². The number of rotatable bonds is 7. The summed E-state index contributed by atoms with van der Waals surface area (Å²) < 4.78 is 58.9. The molecule has 0 saturated heterocycles. The molecular weight excluding hydrogens is 439 g/mol. The number of carbonyl (C=O) groups is 2. The zero-order valence-electron chi connectivity index (χ0n) is 15.5. The number of ether oxygens (including phenoxy) is 4. The van der Waals surface area contributed by atoms with Crippen LogP contribution in [0.1, 0.15) is 18.1 Å². The maximum Gasteiger partial charge on any atom is 0.511 e. The van der Waals surface area contributed by atoms with Gasteiger partial charge in [0.05, 0.1) is 5.57 Å². The number of carbonyl (C=O) groups excluding carboxylic acids is 2. The van der Waals surface area contributed by atoms with Gasteiger partial charge in [0, 0.05) is 10.6 Å². The molecule has 0 radical (unpaired) electrons. The molecule has 0 saturated carbocycles. The van der Waals surface area contributed by atoms with Crippen LogP contribution in [0, 0.1) is 11.8 Å². The fourth-order valence-corrected chi connectivity index (χ4v) is 2.72. The average molecular weight is 454 g/mol. The number of benzene rings is 1. The van der Waals surface area contributed by atoms with Gasteiger partial charge < -0.3 is 23.8 Å². The third kappa shape index (κ3) is 5.99. The number of nitrogens with zero attached hydrogens (tertiary/aromatic N) is 1. The lowest BCUT2D eigenvalue weighted by Crippen LogP contribution is -2.41. The van der Waals surface area contributed by atoms with E-state index in [1.165, 1.54) is 26.0 Å². The van der Waals surface area contributed by atoms with Crippen LogP contribution >= 0.6 is 11.6 Å². The second kappa shape index (κ2) is 9.65. The number of hydrogen-bond donors (Lipinski definition) is 0. The summed E-state index contributed by atoms with van der Waals surface area (Å²) in [7, 11) is 0. The molecule has 1 heterocycles. The summed E-state index contributed by atoms with van der Waals surface area (Å²) in [6, 6.07) is 2.75. The molecule has 1 unspecified atom stereocenters. The first-order valence-corrected chi connectivity index (χ1v) is 8.61. The van der Waals surface area contributed by atoms with Crippen LogP contribution in [0.3, 0.4) is 0 Å². The van der Waals surface area contributed by atoms with Gasteiger partial charge in [0.1, 0.15) is 11.9 Å². The van der Waals surface area contributed by atoms with Crippen molar-refractivity contribution in [1.29, 1.82) is 0 Å².